The fourth-order valence-corrected chi connectivity index (χ4v) is 2.14. The Hall–Kier alpha value is -2.56. The first kappa shape index (κ1) is 11.5. The first-order valence-corrected chi connectivity index (χ1v) is 5.94. The van der Waals surface area contributed by atoms with Gasteiger partial charge < -0.3 is 10.5 Å². The number of pyridine rings is 2. The molecule has 0 saturated heterocycles. The molecular formula is C14H14N4O. The van der Waals surface area contributed by atoms with Gasteiger partial charge in [-0.25, -0.2) is 9.97 Å². The number of fused-ring (bicyclic) bond motifs is 1. The minimum Gasteiger partial charge on any atom is -0.481 e. The fraction of sp³-hybridized carbons (Fsp3) is 0.143. The van der Waals surface area contributed by atoms with Crippen molar-refractivity contribution in [1.29, 1.82) is 0 Å². The molecule has 0 unspecified atom stereocenters. The van der Waals surface area contributed by atoms with Crippen molar-refractivity contribution in [1.82, 2.24) is 14.4 Å². The van der Waals surface area contributed by atoms with E-state index in [0.717, 1.165) is 22.6 Å². The van der Waals surface area contributed by atoms with Crippen LogP contribution < -0.4 is 10.5 Å². The van der Waals surface area contributed by atoms with E-state index in [2.05, 4.69) is 9.97 Å². The summed E-state index contributed by atoms with van der Waals surface area (Å²) in [5.74, 6) is 1.20. The molecule has 0 spiro atoms. The second kappa shape index (κ2) is 4.28. The molecule has 0 aliphatic rings. The van der Waals surface area contributed by atoms with Crippen LogP contribution in [0, 0.1) is 6.92 Å². The summed E-state index contributed by atoms with van der Waals surface area (Å²) in [5.41, 5.74) is 9.69. The summed E-state index contributed by atoms with van der Waals surface area (Å²) in [5, 5.41) is 0. The monoisotopic (exact) mass is 254 g/mol. The van der Waals surface area contributed by atoms with Crippen molar-refractivity contribution in [3.05, 3.63) is 42.2 Å². The number of ether oxygens (including phenoxy) is 1. The summed E-state index contributed by atoms with van der Waals surface area (Å²) in [6.07, 6.45) is 1.71. The van der Waals surface area contributed by atoms with Gasteiger partial charge in [0.2, 0.25) is 5.88 Å². The number of nitrogens with two attached hydrogens (primary N) is 1. The zero-order valence-electron chi connectivity index (χ0n) is 10.8. The number of imidazole rings is 1. The zero-order chi connectivity index (χ0) is 13.4. The van der Waals surface area contributed by atoms with Crippen molar-refractivity contribution in [2.24, 2.45) is 0 Å². The third-order valence-electron chi connectivity index (χ3n) is 3.09. The van der Waals surface area contributed by atoms with Gasteiger partial charge in [-0.05, 0) is 25.1 Å². The van der Waals surface area contributed by atoms with Gasteiger partial charge >= 0.3 is 0 Å². The highest BCUT2D eigenvalue weighted by Gasteiger charge is 2.12. The van der Waals surface area contributed by atoms with Crippen molar-refractivity contribution >= 4 is 11.5 Å². The molecule has 0 radical (unpaired) electrons. The molecule has 2 N–H and O–H groups in total. The van der Waals surface area contributed by atoms with Crippen molar-refractivity contribution in [2.45, 2.75) is 6.92 Å². The molecule has 0 fully saturated rings. The molecular weight excluding hydrogens is 240 g/mol. The average Bonchev–Trinajstić information content (AvgIpc) is 2.78. The molecule has 0 saturated carbocycles. The standard InChI is InChI=1S/C14H14N4O/c1-9-4-3-5-11-17-13(14(15)18(9)11)10-6-7-12(19-2)16-8-10/h3-8H,15H2,1-2H3. The number of nitrogens with zero attached hydrogens (tertiary/aromatic N) is 3. The normalized spacial score (nSPS) is 10.8. The Bertz CT molecular complexity index is 731. The maximum absolute atomic E-state index is 6.18. The number of aryl methyl sites for hydroxylation is 1. The van der Waals surface area contributed by atoms with E-state index >= 15 is 0 Å². The van der Waals surface area contributed by atoms with Crippen LogP contribution in [-0.2, 0) is 0 Å². The second-order valence-corrected chi connectivity index (χ2v) is 4.30. The summed E-state index contributed by atoms with van der Waals surface area (Å²) < 4.78 is 6.98. The van der Waals surface area contributed by atoms with E-state index in [1.807, 2.05) is 35.6 Å². The van der Waals surface area contributed by atoms with Gasteiger partial charge in [0.1, 0.15) is 17.2 Å². The van der Waals surface area contributed by atoms with Crippen molar-refractivity contribution < 1.29 is 4.74 Å². The smallest absolute Gasteiger partial charge is 0.212 e. The molecule has 0 atom stereocenters. The maximum Gasteiger partial charge on any atom is 0.212 e. The SMILES string of the molecule is COc1ccc(-c2nc3cccc(C)n3c2N)cn1. The van der Waals surface area contributed by atoms with Crippen molar-refractivity contribution in [3.63, 3.8) is 0 Å². The van der Waals surface area contributed by atoms with Crippen LogP contribution in [0.15, 0.2) is 36.5 Å². The maximum atomic E-state index is 6.18. The highest BCUT2D eigenvalue weighted by molar-refractivity contribution is 5.74. The Kier molecular flexibility index (Phi) is 2.59. The summed E-state index contributed by atoms with van der Waals surface area (Å²) in [7, 11) is 1.59. The summed E-state index contributed by atoms with van der Waals surface area (Å²) in [6, 6.07) is 9.60. The molecule has 3 aromatic heterocycles. The first-order chi connectivity index (χ1) is 9.20. The van der Waals surface area contributed by atoms with Crippen LogP contribution in [0.3, 0.4) is 0 Å². The molecule has 3 aromatic rings. The molecule has 0 bridgehead atoms. The van der Waals surface area contributed by atoms with Crippen LogP contribution in [-0.4, -0.2) is 21.5 Å². The third kappa shape index (κ3) is 1.79. The van der Waals surface area contributed by atoms with E-state index in [1.165, 1.54) is 0 Å². The Morgan fingerprint density at radius 1 is 1.21 bits per heavy atom. The second-order valence-electron chi connectivity index (χ2n) is 4.30. The van der Waals surface area contributed by atoms with E-state index in [-0.39, 0.29) is 0 Å². The number of rotatable bonds is 2. The lowest BCUT2D eigenvalue weighted by Gasteiger charge is -2.02. The van der Waals surface area contributed by atoms with Crippen LogP contribution in [0.25, 0.3) is 16.9 Å². The van der Waals surface area contributed by atoms with Gasteiger partial charge in [0.15, 0.2) is 0 Å². The number of nitrogen functional groups attached to an aromatic ring is 1. The van der Waals surface area contributed by atoms with Gasteiger partial charge in [0.25, 0.3) is 0 Å². The topological polar surface area (TPSA) is 65.4 Å². The van der Waals surface area contributed by atoms with Crippen molar-refractivity contribution in [3.8, 4) is 17.1 Å². The molecule has 5 nitrogen and oxygen atoms in total. The van der Waals surface area contributed by atoms with Crippen molar-refractivity contribution in [2.75, 3.05) is 12.8 Å². The lowest BCUT2D eigenvalue weighted by Crippen LogP contribution is -1.97. The highest BCUT2D eigenvalue weighted by atomic mass is 16.5. The molecule has 3 heterocycles. The molecule has 0 aromatic carbocycles. The van der Waals surface area contributed by atoms with E-state index in [9.17, 15) is 0 Å². The largest absolute Gasteiger partial charge is 0.481 e. The van der Waals surface area contributed by atoms with Crippen LogP contribution in [0.5, 0.6) is 5.88 Å². The van der Waals surface area contributed by atoms with E-state index in [4.69, 9.17) is 10.5 Å². The van der Waals surface area contributed by atoms with Gasteiger partial charge in [0, 0.05) is 23.5 Å². The minimum atomic E-state index is 0.572. The predicted octanol–water partition coefficient (Wildman–Crippen LogP) is 2.30. The zero-order valence-corrected chi connectivity index (χ0v) is 10.8. The fourth-order valence-electron chi connectivity index (χ4n) is 2.14. The first-order valence-electron chi connectivity index (χ1n) is 5.94. The molecule has 0 aliphatic carbocycles. The number of hydrogen-bond acceptors (Lipinski definition) is 4. The number of aromatic nitrogens is 3. The Labute approximate surface area is 110 Å². The van der Waals surface area contributed by atoms with E-state index < -0.39 is 0 Å². The molecule has 0 amide bonds. The van der Waals surface area contributed by atoms with Gasteiger partial charge in [-0.2, -0.15) is 0 Å². The van der Waals surface area contributed by atoms with E-state index in [1.54, 1.807) is 19.4 Å². The molecule has 3 rings (SSSR count). The molecule has 19 heavy (non-hydrogen) atoms. The summed E-state index contributed by atoms with van der Waals surface area (Å²) >= 11 is 0. The van der Waals surface area contributed by atoms with Gasteiger partial charge in [-0.1, -0.05) is 6.07 Å². The predicted molar refractivity (Wildman–Crippen MR) is 74.1 cm³/mol. The van der Waals surface area contributed by atoms with Crippen LogP contribution in [0.1, 0.15) is 5.69 Å². The third-order valence-corrected chi connectivity index (χ3v) is 3.09. The Morgan fingerprint density at radius 3 is 2.68 bits per heavy atom. The summed E-state index contributed by atoms with van der Waals surface area (Å²) in [6.45, 7) is 2.00. The molecule has 96 valence electrons. The van der Waals surface area contributed by atoms with Gasteiger partial charge in [0.05, 0.1) is 7.11 Å². The summed E-state index contributed by atoms with van der Waals surface area (Å²) in [4.78, 5) is 8.74. The minimum absolute atomic E-state index is 0.572. The van der Waals surface area contributed by atoms with Gasteiger partial charge in [-0.3, -0.25) is 4.40 Å². The quantitative estimate of drug-likeness (QED) is 0.762. The van der Waals surface area contributed by atoms with Gasteiger partial charge in [-0.15, -0.1) is 0 Å². The van der Waals surface area contributed by atoms with Crippen LogP contribution in [0.2, 0.25) is 0 Å². The Balaban J connectivity index is 2.19. The highest BCUT2D eigenvalue weighted by Crippen LogP contribution is 2.27. The number of methoxy groups -OCH3 is 1. The van der Waals surface area contributed by atoms with Crippen LogP contribution in [0.4, 0.5) is 5.82 Å². The van der Waals surface area contributed by atoms with E-state index in [0.29, 0.717) is 11.7 Å². The molecule has 0 aliphatic heterocycles. The average molecular weight is 254 g/mol. The number of anilines is 1. The number of hydrogen-bond donors (Lipinski definition) is 1. The molecule has 5 heteroatoms. The lowest BCUT2D eigenvalue weighted by atomic mass is 10.2. The lowest BCUT2D eigenvalue weighted by molar-refractivity contribution is 0.398. The Morgan fingerprint density at radius 2 is 2.05 bits per heavy atom. The van der Waals surface area contributed by atoms with Crippen LogP contribution >= 0.6 is 0 Å².